The van der Waals surface area contributed by atoms with Gasteiger partial charge < -0.3 is 15.1 Å². The molecule has 5 rings (SSSR count). The fourth-order valence-electron chi connectivity index (χ4n) is 4.74. The highest BCUT2D eigenvalue weighted by Crippen LogP contribution is 2.35. The van der Waals surface area contributed by atoms with E-state index in [1.165, 1.54) is 33.0 Å². The van der Waals surface area contributed by atoms with Crippen molar-refractivity contribution >= 4 is 50.7 Å². The van der Waals surface area contributed by atoms with Crippen LogP contribution in [0.25, 0.3) is 10.2 Å². The monoisotopic (exact) mass is 481 g/mol. The van der Waals surface area contributed by atoms with E-state index in [9.17, 15) is 4.79 Å². The van der Waals surface area contributed by atoms with E-state index in [1.54, 1.807) is 17.7 Å². The van der Waals surface area contributed by atoms with Crippen LogP contribution < -0.4 is 15.1 Å². The first-order chi connectivity index (χ1) is 16.1. The number of thiophene rings is 1. The summed E-state index contributed by atoms with van der Waals surface area (Å²) in [4.78, 5) is 29.0. The Labute approximate surface area is 203 Å². The smallest absolute Gasteiger partial charge is 0.223 e. The summed E-state index contributed by atoms with van der Waals surface area (Å²) in [6.45, 7) is 8.82. The number of piperidine rings is 1. The molecule has 0 aliphatic carbocycles. The third kappa shape index (κ3) is 4.82. The first kappa shape index (κ1) is 22.5. The summed E-state index contributed by atoms with van der Waals surface area (Å²) in [6.07, 6.45) is 3.37. The highest BCUT2D eigenvalue weighted by molar-refractivity contribution is 7.99. The highest BCUT2D eigenvalue weighted by atomic mass is 32.2. The molecule has 1 aromatic carbocycles. The van der Waals surface area contributed by atoms with Crippen LogP contribution in [0.5, 0.6) is 0 Å². The van der Waals surface area contributed by atoms with E-state index >= 15 is 0 Å². The molecular formula is C25H31N5OS2. The van der Waals surface area contributed by atoms with Crippen LogP contribution in [-0.4, -0.2) is 53.6 Å². The zero-order chi connectivity index (χ0) is 22.8. The Balaban J connectivity index is 1.15. The van der Waals surface area contributed by atoms with Gasteiger partial charge in [-0.1, -0.05) is 12.1 Å². The summed E-state index contributed by atoms with van der Waals surface area (Å²) >= 11 is 3.75. The lowest BCUT2D eigenvalue weighted by molar-refractivity contribution is -0.125. The minimum atomic E-state index is 0.0639. The first-order valence-corrected chi connectivity index (χ1v) is 13.7. The van der Waals surface area contributed by atoms with Gasteiger partial charge >= 0.3 is 0 Å². The largest absolute Gasteiger partial charge is 0.370 e. The van der Waals surface area contributed by atoms with E-state index in [2.05, 4.69) is 63.2 Å². The fraction of sp³-hybridized carbons (Fsp3) is 0.480. The minimum Gasteiger partial charge on any atom is -0.370 e. The van der Waals surface area contributed by atoms with E-state index in [-0.39, 0.29) is 11.8 Å². The molecule has 2 aliphatic heterocycles. The second-order valence-corrected chi connectivity index (χ2v) is 11.3. The number of anilines is 2. The molecule has 0 atom stereocenters. The van der Waals surface area contributed by atoms with E-state index in [0.29, 0.717) is 6.54 Å². The summed E-state index contributed by atoms with van der Waals surface area (Å²) in [5.74, 6) is 3.65. The second-order valence-electron chi connectivity index (χ2n) is 8.91. The van der Waals surface area contributed by atoms with E-state index in [0.717, 1.165) is 55.2 Å². The van der Waals surface area contributed by atoms with Crippen LogP contribution in [-0.2, 0) is 11.3 Å². The number of hydrogen-bond donors (Lipinski definition) is 1. The number of amides is 1. The van der Waals surface area contributed by atoms with Gasteiger partial charge in [-0.2, -0.15) is 11.8 Å². The van der Waals surface area contributed by atoms with Gasteiger partial charge in [-0.25, -0.2) is 9.97 Å². The first-order valence-electron chi connectivity index (χ1n) is 11.7. The summed E-state index contributed by atoms with van der Waals surface area (Å²) in [6, 6.07) is 8.66. The second kappa shape index (κ2) is 9.89. The Morgan fingerprint density at radius 3 is 2.48 bits per heavy atom. The van der Waals surface area contributed by atoms with Gasteiger partial charge in [-0.3, -0.25) is 4.79 Å². The summed E-state index contributed by atoms with van der Waals surface area (Å²) in [5.41, 5.74) is 3.71. The van der Waals surface area contributed by atoms with Gasteiger partial charge in [0.25, 0.3) is 0 Å². The third-order valence-corrected chi connectivity index (χ3v) is 8.95. The summed E-state index contributed by atoms with van der Waals surface area (Å²) < 4.78 is 0. The van der Waals surface area contributed by atoms with Crippen LogP contribution in [0.2, 0.25) is 0 Å². The number of aryl methyl sites for hydroxylation is 2. The van der Waals surface area contributed by atoms with Crippen molar-refractivity contribution in [3.8, 4) is 0 Å². The molecule has 8 heteroatoms. The molecule has 0 bridgehead atoms. The molecule has 0 spiro atoms. The Morgan fingerprint density at radius 2 is 1.76 bits per heavy atom. The van der Waals surface area contributed by atoms with Crippen LogP contribution in [0.1, 0.15) is 28.8 Å². The maximum absolute atomic E-state index is 12.8. The lowest BCUT2D eigenvalue weighted by Gasteiger charge is -2.32. The maximum atomic E-state index is 12.8. The molecule has 4 heterocycles. The molecule has 174 valence electrons. The van der Waals surface area contributed by atoms with E-state index < -0.39 is 0 Å². The van der Waals surface area contributed by atoms with Crippen LogP contribution in [0, 0.1) is 19.8 Å². The molecule has 0 radical (unpaired) electrons. The number of carbonyl (C=O) groups excluding carboxylic acids is 1. The van der Waals surface area contributed by atoms with Gasteiger partial charge in [0, 0.05) is 60.7 Å². The van der Waals surface area contributed by atoms with Crippen LogP contribution in [0.4, 0.5) is 11.5 Å². The molecule has 6 nitrogen and oxygen atoms in total. The lowest BCUT2D eigenvalue weighted by Crippen LogP contribution is -2.40. The molecule has 2 fully saturated rings. The highest BCUT2D eigenvalue weighted by Gasteiger charge is 2.27. The molecule has 2 saturated heterocycles. The van der Waals surface area contributed by atoms with E-state index in [4.69, 9.17) is 0 Å². The summed E-state index contributed by atoms with van der Waals surface area (Å²) in [5, 5.41) is 4.34. The fourth-order valence-corrected chi connectivity index (χ4v) is 6.63. The van der Waals surface area contributed by atoms with Crippen LogP contribution in [0.15, 0.2) is 30.6 Å². The minimum absolute atomic E-state index is 0.0639. The van der Waals surface area contributed by atoms with Crippen molar-refractivity contribution < 1.29 is 4.79 Å². The van der Waals surface area contributed by atoms with Crippen molar-refractivity contribution in [2.45, 2.75) is 33.2 Å². The number of rotatable bonds is 5. The third-order valence-electron chi connectivity index (χ3n) is 6.89. The number of hydrogen-bond acceptors (Lipinski definition) is 7. The van der Waals surface area contributed by atoms with E-state index in [1.807, 2.05) is 11.8 Å². The van der Waals surface area contributed by atoms with Crippen molar-refractivity contribution in [1.29, 1.82) is 0 Å². The lowest BCUT2D eigenvalue weighted by atomic mass is 9.95. The van der Waals surface area contributed by atoms with Gasteiger partial charge in [-0.15, -0.1) is 11.3 Å². The van der Waals surface area contributed by atoms with Gasteiger partial charge in [0.2, 0.25) is 5.91 Å². The van der Waals surface area contributed by atoms with Crippen molar-refractivity contribution in [2.24, 2.45) is 5.92 Å². The molecule has 1 amide bonds. The summed E-state index contributed by atoms with van der Waals surface area (Å²) in [7, 11) is 0. The Morgan fingerprint density at radius 1 is 1.03 bits per heavy atom. The van der Waals surface area contributed by atoms with Crippen molar-refractivity contribution in [3.63, 3.8) is 0 Å². The Bertz CT molecular complexity index is 1120. The quantitative estimate of drug-likeness (QED) is 0.583. The van der Waals surface area contributed by atoms with Crippen molar-refractivity contribution in [2.75, 3.05) is 47.5 Å². The zero-order valence-electron chi connectivity index (χ0n) is 19.3. The molecule has 2 aliphatic rings. The molecular weight excluding hydrogens is 450 g/mol. The maximum Gasteiger partial charge on any atom is 0.223 e. The zero-order valence-corrected chi connectivity index (χ0v) is 21.0. The number of benzene rings is 1. The van der Waals surface area contributed by atoms with Crippen molar-refractivity contribution in [1.82, 2.24) is 15.3 Å². The average Bonchev–Trinajstić information content (AvgIpc) is 3.17. The van der Waals surface area contributed by atoms with Gasteiger partial charge in [0.05, 0.1) is 5.39 Å². The Hall–Kier alpha value is -2.32. The van der Waals surface area contributed by atoms with Gasteiger partial charge in [0.15, 0.2) is 0 Å². The van der Waals surface area contributed by atoms with Crippen LogP contribution in [0.3, 0.4) is 0 Å². The number of thioether (sulfide) groups is 1. The average molecular weight is 482 g/mol. The SMILES string of the molecule is Cc1sc2ncnc(N3CCC(C(=O)NCc4ccc(N5CCSCC5)cc4)CC3)c2c1C. The standard InChI is InChI=1S/C25H31N5OS2/c1-17-18(2)33-25-22(17)23(27-16-28-25)30-9-7-20(8-10-30)24(31)26-15-19-3-5-21(6-4-19)29-11-13-32-14-12-29/h3-6,16,20H,7-15H2,1-2H3,(H,26,31). The number of nitrogens with one attached hydrogen (secondary N) is 1. The number of aromatic nitrogens is 2. The number of fused-ring (bicyclic) bond motifs is 1. The topological polar surface area (TPSA) is 61.4 Å². The molecule has 0 saturated carbocycles. The number of carbonyl (C=O) groups is 1. The van der Waals surface area contributed by atoms with Gasteiger partial charge in [-0.05, 0) is 49.9 Å². The Kier molecular flexibility index (Phi) is 6.74. The predicted molar refractivity (Wildman–Crippen MR) is 140 cm³/mol. The van der Waals surface area contributed by atoms with Crippen molar-refractivity contribution in [3.05, 3.63) is 46.6 Å². The molecule has 33 heavy (non-hydrogen) atoms. The molecule has 1 N–H and O–H groups in total. The van der Waals surface area contributed by atoms with Crippen LogP contribution >= 0.6 is 23.1 Å². The predicted octanol–water partition coefficient (Wildman–Crippen LogP) is 4.39. The molecule has 2 aromatic heterocycles. The molecule has 0 unspecified atom stereocenters. The number of nitrogens with zero attached hydrogens (tertiary/aromatic N) is 4. The normalized spacial score (nSPS) is 17.5. The molecule has 3 aromatic rings. The van der Waals surface area contributed by atoms with Gasteiger partial charge in [0.1, 0.15) is 17.0 Å².